The van der Waals surface area contributed by atoms with Crippen LogP contribution in [0.3, 0.4) is 0 Å². The number of hydrogen-bond acceptors (Lipinski definition) is 3. The van der Waals surface area contributed by atoms with Crippen LogP contribution in [-0.2, 0) is 14.8 Å². The Kier molecular flexibility index (Phi) is 3.79. The summed E-state index contributed by atoms with van der Waals surface area (Å²) in [6, 6.07) is 0. The predicted molar refractivity (Wildman–Crippen MR) is 76.6 cm³/mol. The molecular weight excluding hydrogens is 276 g/mol. The molecule has 0 aromatic rings. The van der Waals surface area contributed by atoms with Gasteiger partial charge in [-0.2, -0.15) is 0 Å². The summed E-state index contributed by atoms with van der Waals surface area (Å²) >= 11 is 0. The highest BCUT2D eigenvalue weighted by molar-refractivity contribution is 7.89. The molecule has 3 aliphatic rings. The number of carbonyl (C=O) groups is 1. The van der Waals surface area contributed by atoms with Crippen LogP contribution < -0.4 is 0 Å². The van der Waals surface area contributed by atoms with Crippen molar-refractivity contribution in [2.45, 2.75) is 32.6 Å². The van der Waals surface area contributed by atoms with E-state index >= 15 is 0 Å². The molecule has 0 bridgehead atoms. The molecule has 2 atom stereocenters. The van der Waals surface area contributed by atoms with Gasteiger partial charge in [0.05, 0.1) is 11.7 Å². The first kappa shape index (κ1) is 14.3. The van der Waals surface area contributed by atoms with Crippen molar-refractivity contribution in [3.63, 3.8) is 0 Å². The van der Waals surface area contributed by atoms with Crippen LogP contribution in [0.1, 0.15) is 32.6 Å². The molecule has 114 valence electrons. The van der Waals surface area contributed by atoms with Crippen molar-refractivity contribution in [1.29, 1.82) is 0 Å². The van der Waals surface area contributed by atoms with Crippen LogP contribution in [0.2, 0.25) is 0 Å². The summed E-state index contributed by atoms with van der Waals surface area (Å²) in [7, 11) is -3.16. The van der Waals surface area contributed by atoms with Gasteiger partial charge in [-0.3, -0.25) is 4.79 Å². The fourth-order valence-electron chi connectivity index (χ4n) is 3.48. The Morgan fingerprint density at radius 3 is 2.60 bits per heavy atom. The normalized spacial score (nSPS) is 31.6. The molecule has 1 aliphatic carbocycles. The van der Waals surface area contributed by atoms with Crippen molar-refractivity contribution in [2.75, 3.05) is 31.9 Å². The van der Waals surface area contributed by atoms with E-state index in [1.165, 1.54) is 12.8 Å². The van der Waals surface area contributed by atoms with E-state index in [0.29, 0.717) is 25.4 Å². The number of hydrogen-bond donors (Lipinski definition) is 0. The molecule has 3 rings (SSSR count). The Hall–Kier alpha value is -0.620. The summed E-state index contributed by atoms with van der Waals surface area (Å²) < 4.78 is 25.9. The highest BCUT2D eigenvalue weighted by Gasteiger charge is 2.46. The lowest BCUT2D eigenvalue weighted by molar-refractivity contribution is -0.139. The predicted octanol–water partition coefficient (Wildman–Crippen LogP) is 0.917. The molecule has 2 aliphatic heterocycles. The van der Waals surface area contributed by atoms with Gasteiger partial charge in [0.25, 0.3) is 0 Å². The van der Waals surface area contributed by atoms with Crippen molar-refractivity contribution in [2.24, 2.45) is 17.8 Å². The second-order valence-corrected chi connectivity index (χ2v) is 8.60. The van der Waals surface area contributed by atoms with E-state index in [2.05, 4.69) is 0 Å². The summed E-state index contributed by atoms with van der Waals surface area (Å²) in [5.41, 5.74) is 0. The first-order chi connectivity index (χ1) is 9.51. The van der Waals surface area contributed by atoms with Gasteiger partial charge in [-0.05, 0) is 37.5 Å². The second kappa shape index (κ2) is 5.30. The topological polar surface area (TPSA) is 57.7 Å². The molecule has 1 saturated carbocycles. The molecule has 0 radical (unpaired) electrons. The van der Waals surface area contributed by atoms with Crippen LogP contribution in [0.25, 0.3) is 0 Å². The summed E-state index contributed by atoms with van der Waals surface area (Å²) in [4.78, 5) is 14.5. The van der Waals surface area contributed by atoms with E-state index in [9.17, 15) is 13.2 Å². The van der Waals surface area contributed by atoms with E-state index in [0.717, 1.165) is 19.5 Å². The van der Waals surface area contributed by atoms with Gasteiger partial charge in [-0.25, -0.2) is 12.7 Å². The third kappa shape index (κ3) is 2.72. The smallest absolute Gasteiger partial charge is 0.227 e. The Labute approximate surface area is 121 Å². The maximum Gasteiger partial charge on any atom is 0.227 e. The van der Waals surface area contributed by atoms with E-state index in [1.54, 1.807) is 4.31 Å². The molecule has 2 heterocycles. The first-order valence-corrected chi connectivity index (χ1v) is 9.38. The van der Waals surface area contributed by atoms with Crippen LogP contribution in [-0.4, -0.2) is 55.5 Å². The molecule has 0 unspecified atom stereocenters. The average molecular weight is 300 g/mol. The molecule has 3 fully saturated rings. The van der Waals surface area contributed by atoms with Gasteiger partial charge >= 0.3 is 0 Å². The molecule has 0 spiro atoms. The molecule has 20 heavy (non-hydrogen) atoms. The van der Waals surface area contributed by atoms with Crippen molar-refractivity contribution in [3.8, 4) is 0 Å². The Balaban J connectivity index is 1.66. The minimum absolute atomic E-state index is 0.0888. The molecule has 1 amide bonds. The van der Waals surface area contributed by atoms with Crippen LogP contribution in [0.5, 0.6) is 0 Å². The highest BCUT2D eigenvalue weighted by Crippen LogP contribution is 2.36. The zero-order chi connectivity index (χ0) is 14.3. The van der Waals surface area contributed by atoms with Gasteiger partial charge in [0.1, 0.15) is 0 Å². The molecule has 2 saturated heterocycles. The van der Waals surface area contributed by atoms with Crippen molar-refractivity contribution in [1.82, 2.24) is 9.21 Å². The number of likely N-dealkylation sites (tertiary alicyclic amines) is 1. The van der Waals surface area contributed by atoms with E-state index in [4.69, 9.17) is 0 Å². The van der Waals surface area contributed by atoms with Gasteiger partial charge in [0.2, 0.25) is 15.9 Å². The number of rotatable bonds is 5. The quantitative estimate of drug-likeness (QED) is 0.758. The van der Waals surface area contributed by atoms with Gasteiger partial charge in [0.15, 0.2) is 0 Å². The van der Waals surface area contributed by atoms with Crippen molar-refractivity contribution < 1.29 is 13.2 Å². The number of piperidine rings is 1. The third-order valence-electron chi connectivity index (χ3n) is 4.84. The number of carbonyl (C=O) groups excluding carboxylic acids is 1. The van der Waals surface area contributed by atoms with Crippen LogP contribution in [0.4, 0.5) is 0 Å². The van der Waals surface area contributed by atoms with Gasteiger partial charge < -0.3 is 4.90 Å². The number of sulfonamides is 1. The van der Waals surface area contributed by atoms with Gasteiger partial charge in [-0.1, -0.05) is 6.92 Å². The van der Waals surface area contributed by atoms with Gasteiger partial charge in [0, 0.05) is 26.2 Å². The zero-order valence-electron chi connectivity index (χ0n) is 12.1. The minimum atomic E-state index is -3.16. The lowest BCUT2D eigenvalue weighted by Gasteiger charge is -2.33. The number of nitrogens with zero attached hydrogens (tertiary/aromatic N) is 2. The maximum absolute atomic E-state index is 12.5. The molecular formula is C14H24N2O3S. The molecule has 5 nitrogen and oxygen atoms in total. The number of fused-ring (bicyclic) bond motifs is 1. The van der Waals surface area contributed by atoms with Crippen LogP contribution in [0.15, 0.2) is 0 Å². The van der Waals surface area contributed by atoms with E-state index in [1.807, 2.05) is 11.8 Å². The molecule has 6 heteroatoms. The van der Waals surface area contributed by atoms with Crippen LogP contribution >= 0.6 is 0 Å². The Morgan fingerprint density at radius 1 is 1.20 bits per heavy atom. The fraction of sp³-hybridized carbons (Fsp3) is 0.929. The molecule has 0 aromatic heterocycles. The summed E-state index contributed by atoms with van der Waals surface area (Å²) in [5, 5.41) is 0. The first-order valence-electron chi connectivity index (χ1n) is 7.78. The average Bonchev–Trinajstić information content (AvgIpc) is 3.08. The standard InChI is InChI=1S/C14H24N2O3S/c1-2-7-20(18,19)16-9-12-5-6-15(8-11-3-4-11)14(17)13(12)10-16/h11-13H,2-10H2,1H3/t12-,13-/m0/s1. The lowest BCUT2D eigenvalue weighted by Crippen LogP contribution is -2.46. The largest absolute Gasteiger partial charge is 0.342 e. The third-order valence-corrected chi connectivity index (χ3v) is 6.85. The summed E-state index contributed by atoms with van der Waals surface area (Å²) in [6.07, 6.45) is 4.08. The zero-order valence-corrected chi connectivity index (χ0v) is 12.9. The summed E-state index contributed by atoms with van der Waals surface area (Å²) in [6.45, 7) is 4.55. The summed E-state index contributed by atoms with van der Waals surface area (Å²) in [5.74, 6) is 1.25. The lowest BCUT2D eigenvalue weighted by atomic mass is 9.88. The second-order valence-electron chi connectivity index (χ2n) is 6.52. The Bertz CT molecular complexity index is 487. The van der Waals surface area contributed by atoms with E-state index < -0.39 is 10.0 Å². The minimum Gasteiger partial charge on any atom is -0.342 e. The fourth-order valence-corrected chi connectivity index (χ4v) is 5.06. The SMILES string of the molecule is CCCS(=O)(=O)N1C[C@@H]2CCN(CC3CC3)C(=O)[C@H]2C1. The Morgan fingerprint density at radius 2 is 1.95 bits per heavy atom. The highest BCUT2D eigenvalue weighted by atomic mass is 32.2. The van der Waals surface area contributed by atoms with E-state index in [-0.39, 0.29) is 23.5 Å². The molecule has 0 N–H and O–H groups in total. The number of amides is 1. The van der Waals surface area contributed by atoms with Crippen LogP contribution in [0, 0.1) is 17.8 Å². The molecule has 0 aromatic carbocycles. The maximum atomic E-state index is 12.5. The van der Waals surface area contributed by atoms with Gasteiger partial charge in [-0.15, -0.1) is 0 Å². The van der Waals surface area contributed by atoms with Crippen molar-refractivity contribution >= 4 is 15.9 Å². The monoisotopic (exact) mass is 300 g/mol. The van der Waals surface area contributed by atoms with Crippen molar-refractivity contribution in [3.05, 3.63) is 0 Å².